The van der Waals surface area contributed by atoms with E-state index in [0.29, 0.717) is 21.3 Å². The monoisotopic (exact) mass is 471 g/mol. The number of hydrogen-bond donors (Lipinski definition) is 3. The van der Waals surface area contributed by atoms with Gasteiger partial charge in [-0.2, -0.15) is 0 Å². The number of rotatable bonds is 6. The van der Waals surface area contributed by atoms with Gasteiger partial charge in [-0.25, -0.2) is 9.59 Å². The highest BCUT2D eigenvalue weighted by Gasteiger charge is 2.27. The number of amides is 3. The molecular weight excluding hydrogens is 450 g/mol. The summed E-state index contributed by atoms with van der Waals surface area (Å²) in [5.41, 5.74) is 2.08. The number of para-hydroxylation sites is 1. The molecule has 0 atom stereocenters. The fraction of sp³-hybridized carbons (Fsp3) is 0.286. The second kappa shape index (κ2) is 9.88. The maximum Gasteiger partial charge on any atom is 0.341 e. The smallest absolute Gasteiger partial charge is 0.341 e. The number of methoxy groups -OCH3 is 1. The molecule has 166 valence electrons. The second-order valence-electron chi connectivity index (χ2n) is 7.04. The van der Waals surface area contributed by atoms with Crippen molar-refractivity contribution in [3.8, 4) is 0 Å². The molecule has 0 saturated carbocycles. The third-order valence-corrected chi connectivity index (χ3v) is 7.01. The molecule has 3 amide bonds. The molecular formula is C21H21N5O4S2. The average Bonchev–Trinajstić information content (AvgIpc) is 3.42. The van der Waals surface area contributed by atoms with E-state index in [1.165, 1.54) is 18.4 Å². The number of hydrogen-bond acceptors (Lipinski definition) is 8. The van der Waals surface area contributed by atoms with Crippen LogP contribution in [-0.4, -0.2) is 35.2 Å². The highest BCUT2D eigenvalue weighted by atomic mass is 32.1. The first-order chi connectivity index (χ1) is 15.5. The number of nitrogens with zero attached hydrogens (tertiary/aromatic N) is 2. The van der Waals surface area contributed by atoms with Crippen LogP contribution in [0.2, 0.25) is 0 Å². The molecule has 3 N–H and O–H groups in total. The van der Waals surface area contributed by atoms with Gasteiger partial charge in [-0.1, -0.05) is 29.5 Å². The lowest BCUT2D eigenvalue weighted by molar-refractivity contribution is 0.0601. The number of carbonyl (C=O) groups excluding carboxylic acids is 3. The number of nitrogens with one attached hydrogen (secondary N) is 3. The summed E-state index contributed by atoms with van der Waals surface area (Å²) < 4.78 is 4.92. The average molecular weight is 472 g/mol. The standard InChI is InChI=1S/C21H21N5O4S2/c1-30-20(28)16-13-9-5-6-10-14(13)31-18(16)24-21(29)22-11-15-25-26-19(32-15)17(27)23-12-7-3-2-4-8-12/h2-4,7-8H,5-6,9-11H2,1H3,(H,23,27)(H2,22,24,29). The number of ether oxygens (including phenoxy) is 1. The summed E-state index contributed by atoms with van der Waals surface area (Å²) in [7, 11) is 1.33. The molecule has 3 aromatic rings. The Morgan fingerprint density at radius 1 is 1.03 bits per heavy atom. The number of fused-ring (bicyclic) bond motifs is 1. The van der Waals surface area contributed by atoms with Crippen LogP contribution in [0.15, 0.2) is 30.3 Å². The molecule has 1 aliphatic rings. The number of aryl methyl sites for hydroxylation is 1. The van der Waals surface area contributed by atoms with Crippen LogP contribution < -0.4 is 16.0 Å². The fourth-order valence-corrected chi connectivity index (χ4v) is 5.34. The van der Waals surface area contributed by atoms with Gasteiger partial charge < -0.3 is 15.4 Å². The van der Waals surface area contributed by atoms with Crippen molar-refractivity contribution in [2.45, 2.75) is 32.2 Å². The van der Waals surface area contributed by atoms with Gasteiger partial charge in [0.15, 0.2) is 0 Å². The first kappa shape index (κ1) is 21.9. The SMILES string of the molecule is COC(=O)c1c(NC(=O)NCc2nnc(C(=O)Nc3ccccc3)s2)sc2c1CCCC2. The molecule has 4 rings (SSSR count). The zero-order valence-corrected chi connectivity index (χ0v) is 18.9. The Hall–Kier alpha value is -3.31. The minimum Gasteiger partial charge on any atom is -0.465 e. The van der Waals surface area contributed by atoms with Gasteiger partial charge in [0.25, 0.3) is 5.91 Å². The molecule has 0 bridgehead atoms. The lowest BCUT2D eigenvalue weighted by Gasteiger charge is -2.11. The van der Waals surface area contributed by atoms with Gasteiger partial charge in [0.2, 0.25) is 5.01 Å². The van der Waals surface area contributed by atoms with Crippen LogP contribution in [0.4, 0.5) is 15.5 Å². The minimum atomic E-state index is -0.473. The predicted molar refractivity (Wildman–Crippen MR) is 122 cm³/mol. The van der Waals surface area contributed by atoms with Crippen molar-refractivity contribution in [3.05, 3.63) is 56.4 Å². The number of urea groups is 1. The first-order valence-electron chi connectivity index (χ1n) is 10.0. The molecule has 0 spiro atoms. The Kier molecular flexibility index (Phi) is 6.76. The van der Waals surface area contributed by atoms with Crippen molar-refractivity contribution in [1.29, 1.82) is 0 Å². The predicted octanol–water partition coefficient (Wildman–Crippen LogP) is 3.84. The summed E-state index contributed by atoms with van der Waals surface area (Å²) in [6.07, 6.45) is 3.78. The molecule has 0 fully saturated rings. The minimum absolute atomic E-state index is 0.0980. The molecule has 11 heteroatoms. The number of benzene rings is 1. The number of anilines is 2. The summed E-state index contributed by atoms with van der Waals surface area (Å²) in [5.74, 6) is -0.811. The summed E-state index contributed by atoms with van der Waals surface area (Å²) in [6.45, 7) is 0.0980. The molecule has 0 saturated heterocycles. The molecule has 0 unspecified atom stereocenters. The summed E-state index contributed by atoms with van der Waals surface area (Å²) in [4.78, 5) is 38.1. The van der Waals surface area contributed by atoms with Gasteiger partial charge in [-0.3, -0.25) is 10.1 Å². The van der Waals surface area contributed by atoms with Crippen LogP contribution in [0.3, 0.4) is 0 Å². The van der Waals surface area contributed by atoms with E-state index in [1.54, 1.807) is 12.1 Å². The van der Waals surface area contributed by atoms with Crippen LogP contribution >= 0.6 is 22.7 Å². The Labute approximate surface area is 192 Å². The molecule has 32 heavy (non-hydrogen) atoms. The van der Waals surface area contributed by atoms with Crippen LogP contribution in [0.25, 0.3) is 0 Å². The van der Waals surface area contributed by atoms with Crippen molar-refractivity contribution in [3.63, 3.8) is 0 Å². The van der Waals surface area contributed by atoms with E-state index in [0.717, 1.165) is 47.5 Å². The third-order valence-electron chi connectivity index (χ3n) is 4.88. The number of aromatic nitrogens is 2. The summed E-state index contributed by atoms with van der Waals surface area (Å²) >= 11 is 2.51. The fourth-order valence-electron chi connectivity index (χ4n) is 3.40. The number of esters is 1. The normalized spacial score (nSPS) is 12.5. The van der Waals surface area contributed by atoms with E-state index in [-0.39, 0.29) is 17.5 Å². The molecule has 2 heterocycles. The molecule has 0 radical (unpaired) electrons. The van der Waals surface area contributed by atoms with E-state index in [4.69, 9.17) is 4.74 Å². The topological polar surface area (TPSA) is 122 Å². The maximum absolute atomic E-state index is 12.5. The van der Waals surface area contributed by atoms with Gasteiger partial charge in [0.05, 0.1) is 19.2 Å². The summed E-state index contributed by atoms with van der Waals surface area (Å²) in [6, 6.07) is 8.57. The van der Waals surface area contributed by atoms with E-state index >= 15 is 0 Å². The Morgan fingerprint density at radius 2 is 1.81 bits per heavy atom. The van der Waals surface area contributed by atoms with Gasteiger partial charge in [-0.15, -0.1) is 21.5 Å². The van der Waals surface area contributed by atoms with Gasteiger partial charge in [0.1, 0.15) is 10.0 Å². The van der Waals surface area contributed by atoms with Gasteiger partial charge >= 0.3 is 12.0 Å². The van der Waals surface area contributed by atoms with Crippen LogP contribution in [-0.2, 0) is 24.1 Å². The number of thiophene rings is 1. The Bertz CT molecular complexity index is 1140. The van der Waals surface area contributed by atoms with Gasteiger partial charge in [-0.05, 0) is 43.4 Å². The van der Waals surface area contributed by atoms with Crippen molar-refractivity contribution >= 4 is 51.3 Å². The van der Waals surface area contributed by atoms with E-state index in [2.05, 4.69) is 26.1 Å². The first-order valence-corrected chi connectivity index (χ1v) is 11.6. The van der Waals surface area contributed by atoms with Crippen molar-refractivity contribution in [2.75, 3.05) is 17.7 Å². The van der Waals surface area contributed by atoms with Crippen molar-refractivity contribution in [1.82, 2.24) is 15.5 Å². The maximum atomic E-state index is 12.5. The lowest BCUT2D eigenvalue weighted by Crippen LogP contribution is -2.28. The van der Waals surface area contributed by atoms with E-state index in [1.807, 2.05) is 18.2 Å². The highest BCUT2D eigenvalue weighted by molar-refractivity contribution is 7.17. The summed E-state index contributed by atoms with van der Waals surface area (Å²) in [5, 5.41) is 17.2. The quantitative estimate of drug-likeness (QED) is 0.470. The lowest BCUT2D eigenvalue weighted by atomic mass is 9.95. The van der Waals surface area contributed by atoms with E-state index in [9.17, 15) is 14.4 Å². The Morgan fingerprint density at radius 3 is 2.59 bits per heavy atom. The second-order valence-corrected chi connectivity index (χ2v) is 9.20. The Balaban J connectivity index is 1.36. The van der Waals surface area contributed by atoms with Crippen LogP contribution in [0.1, 0.15) is 48.5 Å². The van der Waals surface area contributed by atoms with Crippen LogP contribution in [0, 0.1) is 0 Å². The zero-order chi connectivity index (χ0) is 22.5. The van der Waals surface area contributed by atoms with Crippen molar-refractivity contribution in [2.24, 2.45) is 0 Å². The molecule has 0 aliphatic heterocycles. The number of carbonyl (C=O) groups is 3. The third kappa shape index (κ3) is 4.94. The zero-order valence-electron chi connectivity index (χ0n) is 17.3. The molecule has 2 aromatic heterocycles. The van der Waals surface area contributed by atoms with E-state index < -0.39 is 12.0 Å². The largest absolute Gasteiger partial charge is 0.465 e. The molecule has 9 nitrogen and oxygen atoms in total. The van der Waals surface area contributed by atoms with Gasteiger partial charge in [0, 0.05) is 10.6 Å². The van der Waals surface area contributed by atoms with Crippen molar-refractivity contribution < 1.29 is 19.1 Å². The van der Waals surface area contributed by atoms with Crippen LogP contribution in [0.5, 0.6) is 0 Å². The molecule has 1 aromatic carbocycles. The molecule has 1 aliphatic carbocycles. The highest BCUT2D eigenvalue weighted by Crippen LogP contribution is 2.38.